The van der Waals surface area contributed by atoms with Crippen LogP contribution in [0.2, 0.25) is 5.02 Å². The average Bonchev–Trinajstić information content (AvgIpc) is 3.16. The molecule has 0 heterocycles. The van der Waals surface area contributed by atoms with Crippen molar-refractivity contribution in [1.29, 1.82) is 0 Å². The van der Waals surface area contributed by atoms with Crippen LogP contribution in [-0.2, 0) is 4.74 Å². The predicted molar refractivity (Wildman–Crippen MR) is 83.0 cm³/mol. The van der Waals surface area contributed by atoms with E-state index in [-0.39, 0.29) is 16.9 Å². The Hall–Kier alpha value is -1.49. The molecule has 0 bridgehead atoms. The minimum Gasteiger partial charge on any atom is -0.496 e. The molecular formula is C16H21ClFNO3. The quantitative estimate of drug-likeness (QED) is 0.904. The molecule has 0 saturated heterocycles. The molecule has 0 unspecified atom stereocenters. The molecule has 1 amide bonds. The molecule has 22 heavy (non-hydrogen) atoms. The van der Waals surface area contributed by atoms with E-state index in [0.29, 0.717) is 12.3 Å². The Labute approximate surface area is 134 Å². The summed E-state index contributed by atoms with van der Waals surface area (Å²) in [5.74, 6) is 0.490. The molecule has 1 aliphatic carbocycles. The lowest BCUT2D eigenvalue weighted by Crippen LogP contribution is -2.33. The lowest BCUT2D eigenvalue weighted by Gasteiger charge is -2.19. The van der Waals surface area contributed by atoms with Crippen LogP contribution in [0.1, 0.15) is 38.7 Å². The first-order chi connectivity index (χ1) is 10.2. The van der Waals surface area contributed by atoms with E-state index >= 15 is 0 Å². The van der Waals surface area contributed by atoms with Gasteiger partial charge in [0.05, 0.1) is 12.1 Å². The van der Waals surface area contributed by atoms with Crippen molar-refractivity contribution in [2.24, 2.45) is 5.92 Å². The van der Waals surface area contributed by atoms with Gasteiger partial charge in [-0.25, -0.2) is 9.18 Å². The number of halogens is 2. The van der Waals surface area contributed by atoms with E-state index in [9.17, 15) is 9.18 Å². The zero-order valence-electron chi connectivity index (χ0n) is 13.2. The first-order valence-corrected chi connectivity index (χ1v) is 7.59. The monoisotopic (exact) mass is 329 g/mol. The van der Waals surface area contributed by atoms with Gasteiger partial charge in [0.25, 0.3) is 0 Å². The molecule has 122 valence electrons. The van der Waals surface area contributed by atoms with Crippen LogP contribution in [0.4, 0.5) is 9.18 Å². The molecule has 0 aliphatic heterocycles. The number of rotatable bonds is 4. The summed E-state index contributed by atoms with van der Waals surface area (Å²) >= 11 is 5.84. The second-order valence-electron chi connectivity index (χ2n) is 6.49. The molecule has 1 aliphatic rings. The zero-order valence-corrected chi connectivity index (χ0v) is 14.0. The maximum absolute atomic E-state index is 13.5. The van der Waals surface area contributed by atoms with Crippen molar-refractivity contribution in [3.05, 3.63) is 28.5 Å². The number of methoxy groups -OCH3 is 1. The van der Waals surface area contributed by atoms with E-state index in [0.717, 1.165) is 12.0 Å². The highest BCUT2D eigenvalue weighted by Crippen LogP contribution is 2.50. The highest BCUT2D eigenvalue weighted by Gasteiger charge is 2.40. The van der Waals surface area contributed by atoms with Gasteiger partial charge in [0.15, 0.2) is 0 Å². The first-order valence-electron chi connectivity index (χ1n) is 7.21. The fourth-order valence-corrected chi connectivity index (χ4v) is 2.57. The van der Waals surface area contributed by atoms with Crippen molar-refractivity contribution >= 4 is 17.7 Å². The van der Waals surface area contributed by atoms with Crippen LogP contribution in [0, 0.1) is 11.7 Å². The van der Waals surface area contributed by atoms with E-state index in [4.69, 9.17) is 21.1 Å². The van der Waals surface area contributed by atoms with Crippen LogP contribution >= 0.6 is 11.6 Å². The van der Waals surface area contributed by atoms with Gasteiger partial charge in [-0.3, -0.25) is 0 Å². The number of hydrogen-bond donors (Lipinski definition) is 1. The molecule has 1 saturated carbocycles. The number of alkyl carbamates (subject to hydrolysis) is 1. The number of carbonyl (C=O) groups is 1. The Balaban J connectivity index is 1.93. The Bertz CT molecular complexity index is 571. The molecule has 6 heteroatoms. The summed E-state index contributed by atoms with van der Waals surface area (Å²) in [6, 6.07) is 2.90. The number of ether oxygens (including phenoxy) is 2. The maximum atomic E-state index is 13.5. The Kier molecular flexibility index (Phi) is 4.85. The van der Waals surface area contributed by atoms with Crippen molar-refractivity contribution in [1.82, 2.24) is 5.32 Å². The summed E-state index contributed by atoms with van der Waals surface area (Å²) in [6.07, 6.45) is 0.468. The van der Waals surface area contributed by atoms with Gasteiger partial charge in [0, 0.05) is 12.6 Å². The summed E-state index contributed by atoms with van der Waals surface area (Å²) in [5.41, 5.74) is 0.366. The maximum Gasteiger partial charge on any atom is 0.407 e. The molecule has 1 aromatic rings. The predicted octanol–water partition coefficient (Wildman–Crippen LogP) is 4.12. The molecule has 0 spiro atoms. The van der Waals surface area contributed by atoms with Crippen LogP contribution < -0.4 is 10.1 Å². The second-order valence-corrected chi connectivity index (χ2v) is 6.90. The van der Waals surface area contributed by atoms with Crippen LogP contribution in [0.3, 0.4) is 0 Å². The van der Waals surface area contributed by atoms with Gasteiger partial charge in [0.2, 0.25) is 0 Å². The molecular weight excluding hydrogens is 309 g/mol. The Morgan fingerprint density at radius 2 is 2.14 bits per heavy atom. The lowest BCUT2D eigenvalue weighted by molar-refractivity contribution is 0.0525. The molecule has 1 N–H and O–H groups in total. The molecule has 1 aromatic carbocycles. The summed E-state index contributed by atoms with van der Waals surface area (Å²) < 4.78 is 23.9. The SMILES string of the molecule is COc1cc(F)c(Cl)cc1[C@@H]1C[C@H]1CNC(=O)OC(C)(C)C. The Morgan fingerprint density at radius 1 is 1.45 bits per heavy atom. The highest BCUT2D eigenvalue weighted by molar-refractivity contribution is 6.30. The fourth-order valence-electron chi connectivity index (χ4n) is 2.39. The zero-order chi connectivity index (χ0) is 16.5. The Morgan fingerprint density at radius 3 is 2.73 bits per heavy atom. The van der Waals surface area contributed by atoms with Crippen molar-refractivity contribution in [2.75, 3.05) is 13.7 Å². The van der Waals surface area contributed by atoms with Crippen molar-refractivity contribution < 1.29 is 18.7 Å². The van der Waals surface area contributed by atoms with E-state index in [1.165, 1.54) is 13.2 Å². The van der Waals surface area contributed by atoms with E-state index in [1.54, 1.807) is 6.07 Å². The number of nitrogens with one attached hydrogen (secondary N) is 1. The molecule has 0 aromatic heterocycles. The molecule has 0 radical (unpaired) electrons. The van der Waals surface area contributed by atoms with E-state index in [2.05, 4.69) is 5.32 Å². The number of carbonyl (C=O) groups excluding carboxylic acids is 1. The van der Waals surface area contributed by atoms with E-state index in [1.807, 2.05) is 20.8 Å². The second kappa shape index (κ2) is 6.32. The standard InChI is InChI=1S/C16H21ClFNO3/c1-16(2,3)22-15(20)19-8-9-5-10(9)11-6-12(17)13(18)7-14(11)21-4/h6-7,9-10H,5,8H2,1-4H3,(H,19,20)/t9-,10+/m0/s1. The topological polar surface area (TPSA) is 47.6 Å². The van der Waals surface area contributed by atoms with E-state index < -0.39 is 17.5 Å². The smallest absolute Gasteiger partial charge is 0.407 e. The minimum absolute atomic E-state index is 0.0848. The summed E-state index contributed by atoms with van der Waals surface area (Å²) in [4.78, 5) is 11.6. The first kappa shape index (κ1) is 16.9. The number of amides is 1. The largest absolute Gasteiger partial charge is 0.496 e. The minimum atomic E-state index is -0.513. The summed E-state index contributed by atoms with van der Waals surface area (Å²) in [6.45, 7) is 5.96. The van der Waals surface area contributed by atoms with Crippen molar-refractivity contribution in [2.45, 2.75) is 38.7 Å². The van der Waals surface area contributed by atoms with Crippen LogP contribution in [-0.4, -0.2) is 25.3 Å². The highest BCUT2D eigenvalue weighted by atomic mass is 35.5. The van der Waals surface area contributed by atoms with Crippen LogP contribution in [0.25, 0.3) is 0 Å². The van der Waals surface area contributed by atoms with Gasteiger partial charge in [-0.1, -0.05) is 11.6 Å². The third-order valence-electron chi connectivity index (χ3n) is 3.50. The van der Waals surface area contributed by atoms with Gasteiger partial charge >= 0.3 is 6.09 Å². The lowest BCUT2D eigenvalue weighted by atomic mass is 10.1. The normalized spacial score (nSPS) is 20.5. The summed E-state index contributed by atoms with van der Waals surface area (Å²) in [7, 11) is 1.50. The van der Waals surface area contributed by atoms with Crippen molar-refractivity contribution in [3.63, 3.8) is 0 Å². The average molecular weight is 330 g/mol. The van der Waals surface area contributed by atoms with Gasteiger partial charge < -0.3 is 14.8 Å². The number of hydrogen-bond acceptors (Lipinski definition) is 3. The molecule has 2 atom stereocenters. The molecule has 4 nitrogen and oxygen atoms in total. The fraction of sp³-hybridized carbons (Fsp3) is 0.562. The van der Waals surface area contributed by atoms with Gasteiger partial charge in [-0.15, -0.1) is 0 Å². The number of benzene rings is 1. The van der Waals surface area contributed by atoms with Crippen molar-refractivity contribution in [3.8, 4) is 5.75 Å². The van der Waals surface area contributed by atoms with Crippen LogP contribution in [0.15, 0.2) is 12.1 Å². The van der Waals surface area contributed by atoms with Gasteiger partial charge in [-0.05, 0) is 50.7 Å². The van der Waals surface area contributed by atoms with Gasteiger partial charge in [0.1, 0.15) is 17.2 Å². The summed E-state index contributed by atoms with van der Waals surface area (Å²) in [5, 5.41) is 2.84. The molecule has 2 rings (SSSR count). The third-order valence-corrected chi connectivity index (χ3v) is 3.79. The van der Waals surface area contributed by atoms with Gasteiger partial charge in [-0.2, -0.15) is 0 Å². The molecule has 1 fully saturated rings. The third kappa shape index (κ3) is 4.26. The van der Waals surface area contributed by atoms with Crippen LogP contribution in [0.5, 0.6) is 5.75 Å².